The lowest BCUT2D eigenvalue weighted by molar-refractivity contribution is -0.142. The van der Waals surface area contributed by atoms with Crippen LogP contribution in [-0.4, -0.2) is 61.2 Å². The summed E-state index contributed by atoms with van der Waals surface area (Å²) in [6.45, 7) is 2.27. The number of ether oxygens (including phenoxy) is 2. The molecule has 2 rings (SSSR count). The molecule has 0 unspecified atom stereocenters. The van der Waals surface area contributed by atoms with Crippen LogP contribution in [0.1, 0.15) is 23.2 Å². The predicted octanol–water partition coefficient (Wildman–Crippen LogP) is 0.925. The lowest BCUT2D eigenvalue weighted by Gasteiger charge is -2.26. The van der Waals surface area contributed by atoms with Gasteiger partial charge >= 0.3 is 5.97 Å². The minimum atomic E-state index is -0.459. The van der Waals surface area contributed by atoms with E-state index in [1.165, 1.54) is 7.11 Å². The standard InChI is InChI=1S/C17H21N3O5S/c1-24-15(22)7-6-14(21)19-17(26)18-13-4-2-12(3-5-13)16(23)20-8-10-25-11-9-20/h2-5H,6-11H2,1H3,(H2,18,19,21,26). The SMILES string of the molecule is COC(=O)CCC(=O)NC(=S)Nc1ccc(C(=O)N2CCOCC2)cc1. The Labute approximate surface area is 156 Å². The molecule has 1 saturated heterocycles. The van der Waals surface area contributed by atoms with Crippen LogP contribution in [0.4, 0.5) is 5.69 Å². The van der Waals surface area contributed by atoms with Gasteiger partial charge in [-0.3, -0.25) is 14.4 Å². The summed E-state index contributed by atoms with van der Waals surface area (Å²) in [6, 6.07) is 6.81. The van der Waals surface area contributed by atoms with Gasteiger partial charge in [-0.05, 0) is 36.5 Å². The molecule has 26 heavy (non-hydrogen) atoms. The van der Waals surface area contributed by atoms with E-state index in [9.17, 15) is 14.4 Å². The Bertz CT molecular complexity index is 671. The summed E-state index contributed by atoms with van der Waals surface area (Å²) in [7, 11) is 1.26. The highest BCUT2D eigenvalue weighted by Gasteiger charge is 2.18. The molecule has 140 valence electrons. The molecule has 0 bridgehead atoms. The van der Waals surface area contributed by atoms with Gasteiger partial charge < -0.3 is 25.0 Å². The van der Waals surface area contributed by atoms with Gasteiger partial charge in [-0.1, -0.05) is 0 Å². The van der Waals surface area contributed by atoms with Crippen LogP contribution in [0.25, 0.3) is 0 Å². The number of anilines is 1. The van der Waals surface area contributed by atoms with Gasteiger partial charge in [0.25, 0.3) is 5.91 Å². The zero-order valence-corrected chi connectivity index (χ0v) is 15.3. The largest absolute Gasteiger partial charge is 0.469 e. The highest BCUT2D eigenvalue weighted by molar-refractivity contribution is 7.80. The fourth-order valence-electron chi connectivity index (χ4n) is 2.31. The average molecular weight is 379 g/mol. The maximum absolute atomic E-state index is 12.4. The fraction of sp³-hybridized carbons (Fsp3) is 0.412. The maximum Gasteiger partial charge on any atom is 0.306 e. The lowest BCUT2D eigenvalue weighted by atomic mass is 10.1. The Morgan fingerprint density at radius 2 is 1.81 bits per heavy atom. The molecule has 1 heterocycles. The van der Waals surface area contributed by atoms with Crippen molar-refractivity contribution in [1.29, 1.82) is 0 Å². The third-order valence-corrected chi connectivity index (χ3v) is 3.93. The topological polar surface area (TPSA) is 97.0 Å². The second-order valence-electron chi connectivity index (χ2n) is 5.56. The highest BCUT2D eigenvalue weighted by Crippen LogP contribution is 2.12. The quantitative estimate of drug-likeness (QED) is 0.580. The van der Waals surface area contributed by atoms with Crippen LogP contribution in [-0.2, 0) is 19.1 Å². The zero-order chi connectivity index (χ0) is 18.9. The molecule has 1 fully saturated rings. The van der Waals surface area contributed by atoms with Crippen LogP contribution in [0.2, 0.25) is 0 Å². The summed E-state index contributed by atoms with van der Waals surface area (Å²) in [4.78, 5) is 36.8. The van der Waals surface area contributed by atoms with Crippen molar-refractivity contribution in [3.05, 3.63) is 29.8 Å². The van der Waals surface area contributed by atoms with E-state index in [1.807, 2.05) is 0 Å². The molecule has 1 aromatic carbocycles. The maximum atomic E-state index is 12.4. The van der Waals surface area contributed by atoms with Crippen molar-refractivity contribution in [2.75, 3.05) is 38.7 Å². The number of carbonyl (C=O) groups excluding carboxylic acids is 3. The van der Waals surface area contributed by atoms with Crippen molar-refractivity contribution in [3.8, 4) is 0 Å². The number of carbonyl (C=O) groups is 3. The number of nitrogens with one attached hydrogen (secondary N) is 2. The van der Waals surface area contributed by atoms with Crippen LogP contribution >= 0.6 is 12.2 Å². The predicted molar refractivity (Wildman–Crippen MR) is 98.8 cm³/mol. The summed E-state index contributed by atoms with van der Waals surface area (Å²) in [5.41, 5.74) is 1.22. The van der Waals surface area contributed by atoms with E-state index < -0.39 is 5.97 Å². The molecular weight excluding hydrogens is 358 g/mol. The molecule has 0 aliphatic carbocycles. The molecule has 1 aromatic rings. The number of morpholine rings is 1. The molecule has 2 amide bonds. The monoisotopic (exact) mass is 379 g/mol. The summed E-state index contributed by atoms with van der Waals surface area (Å²) >= 11 is 5.06. The summed E-state index contributed by atoms with van der Waals surface area (Å²) in [5, 5.41) is 5.46. The Morgan fingerprint density at radius 1 is 1.15 bits per heavy atom. The van der Waals surface area contributed by atoms with Gasteiger partial charge in [-0.15, -0.1) is 0 Å². The first kappa shape index (κ1) is 19.8. The van der Waals surface area contributed by atoms with E-state index in [0.717, 1.165) is 0 Å². The Kier molecular flexibility index (Phi) is 7.49. The van der Waals surface area contributed by atoms with E-state index in [4.69, 9.17) is 17.0 Å². The molecule has 0 spiro atoms. The number of benzene rings is 1. The van der Waals surface area contributed by atoms with Gasteiger partial charge in [0.15, 0.2) is 5.11 Å². The number of hydrogen-bond acceptors (Lipinski definition) is 6. The lowest BCUT2D eigenvalue weighted by Crippen LogP contribution is -2.40. The number of amides is 2. The minimum Gasteiger partial charge on any atom is -0.469 e. The van der Waals surface area contributed by atoms with Crippen molar-refractivity contribution < 1.29 is 23.9 Å². The molecule has 0 saturated carbocycles. The number of hydrogen-bond donors (Lipinski definition) is 2. The van der Waals surface area contributed by atoms with E-state index in [0.29, 0.717) is 37.6 Å². The van der Waals surface area contributed by atoms with E-state index in [2.05, 4.69) is 15.4 Å². The first-order valence-electron chi connectivity index (χ1n) is 8.14. The first-order valence-corrected chi connectivity index (χ1v) is 8.55. The van der Waals surface area contributed by atoms with Gasteiger partial charge in [0.05, 0.1) is 26.7 Å². The molecule has 0 atom stereocenters. The van der Waals surface area contributed by atoms with Crippen LogP contribution in [0.5, 0.6) is 0 Å². The van der Waals surface area contributed by atoms with Crippen molar-refractivity contribution in [3.63, 3.8) is 0 Å². The molecule has 0 aromatic heterocycles. The molecular formula is C17H21N3O5S. The summed E-state index contributed by atoms with van der Waals surface area (Å²) in [5.74, 6) is -0.884. The van der Waals surface area contributed by atoms with Gasteiger partial charge in [-0.2, -0.15) is 0 Å². The van der Waals surface area contributed by atoms with Crippen molar-refractivity contribution in [1.82, 2.24) is 10.2 Å². The van der Waals surface area contributed by atoms with Crippen LogP contribution in [0, 0.1) is 0 Å². The number of esters is 1. The average Bonchev–Trinajstić information content (AvgIpc) is 2.66. The van der Waals surface area contributed by atoms with Crippen LogP contribution < -0.4 is 10.6 Å². The molecule has 1 aliphatic rings. The van der Waals surface area contributed by atoms with Gasteiger partial charge in [0.1, 0.15) is 0 Å². The molecule has 2 N–H and O–H groups in total. The number of rotatable bonds is 5. The second-order valence-corrected chi connectivity index (χ2v) is 5.97. The highest BCUT2D eigenvalue weighted by atomic mass is 32.1. The zero-order valence-electron chi connectivity index (χ0n) is 14.4. The second kappa shape index (κ2) is 9.83. The summed E-state index contributed by atoms with van der Waals surface area (Å²) < 4.78 is 9.71. The Balaban J connectivity index is 1.82. The molecule has 9 heteroatoms. The molecule has 1 aliphatic heterocycles. The smallest absolute Gasteiger partial charge is 0.306 e. The molecule has 8 nitrogen and oxygen atoms in total. The number of methoxy groups -OCH3 is 1. The van der Waals surface area contributed by atoms with Gasteiger partial charge in [0, 0.05) is 30.8 Å². The van der Waals surface area contributed by atoms with Crippen LogP contribution in [0.15, 0.2) is 24.3 Å². The Morgan fingerprint density at radius 3 is 2.42 bits per heavy atom. The minimum absolute atomic E-state index is 0.0106. The van der Waals surface area contributed by atoms with Crippen molar-refractivity contribution in [2.45, 2.75) is 12.8 Å². The fourth-order valence-corrected chi connectivity index (χ4v) is 2.55. The van der Waals surface area contributed by atoms with Crippen LogP contribution in [0.3, 0.4) is 0 Å². The number of thiocarbonyl (C=S) groups is 1. The van der Waals surface area contributed by atoms with E-state index in [-0.39, 0.29) is 29.8 Å². The van der Waals surface area contributed by atoms with E-state index in [1.54, 1.807) is 29.2 Å². The normalized spacial score (nSPS) is 13.7. The van der Waals surface area contributed by atoms with Crippen molar-refractivity contribution in [2.24, 2.45) is 0 Å². The van der Waals surface area contributed by atoms with E-state index >= 15 is 0 Å². The molecule has 0 radical (unpaired) electrons. The van der Waals surface area contributed by atoms with Gasteiger partial charge in [-0.25, -0.2) is 0 Å². The van der Waals surface area contributed by atoms with Crippen molar-refractivity contribution >= 4 is 40.8 Å². The summed E-state index contributed by atoms with van der Waals surface area (Å²) in [6.07, 6.45) is -0.0230. The van der Waals surface area contributed by atoms with Gasteiger partial charge in [0.2, 0.25) is 5.91 Å². The Hall–Kier alpha value is -2.52. The third kappa shape index (κ3) is 6.08. The number of nitrogens with zero attached hydrogens (tertiary/aromatic N) is 1. The first-order chi connectivity index (χ1) is 12.5. The third-order valence-electron chi connectivity index (χ3n) is 3.72.